The zero-order valence-electron chi connectivity index (χ0n) is 25.9. The summed E-state index contributed by atoms with van der Waals surface area (Å²) in [6.45, 7) is 6.58. The predicted molar refractivity (Wildman–Crippen MR) is 177 cm³/mol. The number of carbonyl (C=O) groups is 3. The molecule has 4 aliphatic heterocycles. The van der Waals surface area contributed by atoms with E-state index in [4.69, 9.17) is 27.9 Å². The van der Waals surface area contributed by atoms with E-state index in [9.17, 15) is 19.5 Å². The number of benzene rings is 2. The molecule has 0 saturated carbocycles. The van der Waals surface area contributed by atoms with Crippen molar-refractivity contribution >= 4 is 46.9 Å². The molecule has 1 unspecified atom stereocenters. The van der Waals surface area contributed by atoms with Crippen molar-refractivity contribution in [3.05, 3.63) is 57.6 Å². The summed E-state index contributed by atoms with van der Waals surface area (Å²) in [5.74, 6) is -0.477. The summed E-state index contributed by atoms with van der Waals surface area (Å²) in [7, 11) is 0. The molecule has 1 atom stereocenters. The number of anilines is 1. The number of hydrogen-bond acceptors (Lipinski definition) is 7. The fourth-order valence-corrected chi connectivity index (χ4v) is 7.66. The number of ether oxygens (including phenoxy) is 1. The number of rotatable bonds is 6. The van der Waals surface area contributed by atoms with E-state index in [2.05, 4.69) is 15.5 Å². The van der Waals surface area contributed by atoms with E-state index in [1.807, 2.05) is 29.2 Å². The standard InChI is InChI=1S/C33H42Cl2N6O5/c34-26-19-22(20-27(35)30(26)42)21-29(31(43)39-12-6-24(7-13-39)38-17-10-36-11-18-38)46-33(45)40-14-8-25(9-15-40)41-16-5-23-3-1-2-4-28(23)37-32(41)44/h1-4,19-20,24-25,29,36,42H,5-18,21H2,(H,37,44). The summed E-state index contributed by atoms with van der Waals surface area (Å²) in [5.41, 5.74) is 2.54. The minimum Gasteiger partial charge on any atom is -0.505 e. The fraction of sp³-hybridized carbons (Fsp3) is 0.545. The van der Waals surface area contributed by atoms with Crippen LogP contribution >= 0.6 is 23.2 Å². The molecule has 13 heteroatoms. The molecule has 0 bridgehead atoms. The lowest BCUT2D eigenvalue weighted by molar-refractivity contribution is -0.142. The number of aromatic hydroxyl groups is 1. The number of phenols is 1. The van der Waals surface area contributed by atoms with E-state index in [1.165, 1.54) is 0 Å². The van der Waals surface area contributed by atoms with Crippen molar-refractivity contribution in [3.63, 3.8) is 0 Å². The molecule has 46 heavy (non-hydrogen) atoms. The first kappa shape index (κ1) is 32.7. The lowest BCUT2D eigenvalue weighted by Gasteiger charge is -2.41. The van der Waals surface area contributed by atoms with Gasteiger partial charge in [0.1, 0.15) is 0 Å². The Morgan fingerprint density at radius 2 is 1.52 bits per heavy atom. The number of piperidine rings is 2. The highest BCUT2D eigenvalue weighted by Gasteiger charge is 2.36. The molecule has 11 nitrogen and oxygen atoms in total. The van der Waals surface area contributed by atoms with Gasteiger partial charge < -0.3 is 35.2 Å². The average molecular weight is 674 g/mol. The molecule has 248 valence electrons. The maximum atomic E-state index is 13.9. The maximum Gasteiger partial charge on any atom is 0.410 e. The van der Waals surface area contributed by atoms with Gasteiger partial charge in [0, 0.05) is 83.1 Å². The van der Waals surface area contributed by atoms with Gasteiger partial charge in [-0.3, -0.25) is 9.69 Å². The Morgan fingerprint density at radius 1 is 0.891 bits per heavy atom. The second-order valence-electron chi connectivity index (χ2n) is 12.6. The molecule has 3 saturated heterocycles. The Labute approximate surface area is 279 Å². The number of nitrogens with one attached hydrogen (secondary N) is 2. The van der Waals surface area contributed by atoms with Gasteiger partial charge in [-0.25, -0.2) is 9.59 Å². The Morgan fingerprint density at radius 3 is 2.22 bits per heavy atom. The predicted octanol–water partition coefficient (Wildman–Crippen LogP) is 4.20. The van der Waals surface area contributed by atoms with Gasteiger partial charge >= 0.3 is 12.1 Å². The highest BCUT2D eigenvalue weighted by Crippen LogP contribution is 2.34. The van der Waals surface area contributed by atoms with Gasteiger partial charge in [-0.1, -0.05) is 41.4 Å². The minimum atomic E-state index is -1.08. The Bertz CT molecular complexity index is 1400. The molecule has 4 aliphatic rings. The normalized spacial score (nSPS) is 20.9. The quantitative estimate of drug-likeness (QED) is 0.421. The number of urea groups is 1. The molecule has 6 rings (SSSR count). The van der Waals surface area contributed by atoms with Gasteiger partial charge in [-0.2, -0.15) is 0 Å². The molecule has 0 aromatic heterocycles. The van der Waals surface area contributed by atoms with Crippen molar-refractivity contribution < 1.29 is 24.2 Å². The van der Waals surface area contributed by atoms with Crippen LogP contribution < -0.4 is 10.6 Å². The summed E-state index contributed by atoms with van der Waals surface area (Å²) >= 11 is 12.4. The molecule has 4 amide bonds. The molecule has 0 spiro atoms. The third kappa shape index (κ3) is 7.48. The van der Waals surface area contributed by atoms with Crippen molar-refractivity contribution in [2.45, 2.75) is 56.7 Å². The van der Waals surface area contributed by atoms with E-state index in [-0.39, 0.29) is 40.2 Å². The summed E-state index contributed by atoms with van der Waals surface area (Å²) < 4.78 is 5.96. The van der Waals surface area contributed by atoms with Gasteiger partial charge in [0.05, 0.1) is 10.0 Å². The molecule has 0 aliphatic carbocycles. The monoisotopic (exact) mass is 672 g/mol. The van der Waals surface area contributed by atoms with Crippen molar-refractivity contribution in [1.82, 2.24) is 24.9 Å². The van der Waals surface area contributed by atoms with Gasteiger partial charge in [0.15, 0.2) is 11.9 Å². The summed E-state index contributed by atoms with van der Waals surface area (Å²) in [6.07, 6.45) is 2.16. The van der Waals surface area contributed by atoms with Crippen LogP contribution in [0, 0.1) is 0 Å². The van der Waals surface area contributed by atoms with Crippen LogP contribution in [0.2, 0.25) is 10.0 Å². The Hall–Kier alpha value is -3.25. The molecule has 0 radical (unpaired) electrons. The molecule has 3 N–H and O–H groups in total. The van der Waals surface area contributed by atoms with E-state index < -0.39 is 12.2 Å². The third-order valence-electron chi connectivity index (χ3n) is 9.77. The number of halogens is 2. The van der Waals surface area contributed by atoms with Crippen LogP contribution in [0.5, 0.6) is 5.75 Å². The third-order valence-corrected chi connectivity index (χ3v) is 10.3. The number of piperazine rings is 1. The van der Waals surface area contributed by atoms with Crippen molar-refractivity contribution in [3.8, 4) is 5.75 Å². The number of carbonyl (C=O) groups excluding carboxylic acids is 3. The molecular weight excluding hydrogens is 631 g/mol. The van der Waals surface area contributed by atoms with Crippen molar-refractivity contribution in [2.24, 2.45) is 0 Å². The summed E-state index contributed by atoms with van der Waals surface area (Å²) in [6, 6.07) is 11.2. The molecule has 2 aromatic carbocycles. The molecule has 2 aromatic rings. The fourth-order valence-electron chi connectivity index (χ4n) is 7.13. The number of nitrogens with zero attached hydrogens (tertiary/aromatic N) is 4. The SMILES string of the molecule is O=C(OC(Cc1cc(Cl)c(O)c(Cl)c1)C(=O)N1CCC(N2CCNCC2)CC1)N1CCC(N2CCc3ccccc3NC2=O)CC1. The van der Waals surface area contributed by atoms with Gasteiger partial charge in [-0.15, -0.1) is 0 Å². The first-order valence-corrected chi connectivity index (χ1v) is 17.0. The first-order valence-electron chi connectivity index (χ1n) is 16.3. The van der Waals surface area contributed by atoms with Crippen LogP contribution in [-0.4, -0.2) is 120 Å². The zero-order valence-corrected chi connectivity index (χ0v) is 27.4. The smallest absolute Gasteiger partial charge is 0.410 e. The number of fused-ring (bicyclic) bond motifs is 1. The highest BCUT2D eigenvalue weighted by molar-refractivity contribution is 6.37. The number of likely N-dealkylation sites (tertiary alicyclic amines) is 2. The van der Waals surface area contributed by atoms with Gasteiger partial charge in [0.2, 0.25) is 0 Å². The second kappa shape index (κ2) is 14.7. The van der Waals surface area contributed by atoms with Crippen LogP contribution in [0.3, 0.4) is 0 Å². The van der Waals surface area contributed by atoms with Crippen LogP contribution in [0.15, 0.2) is 36.4 Å². The number of para-hydroxylation sites is 1. The van der Waals surface area contributed by atoms with Gasteiger partial charge in [-0.05, 0) is 61.4 Å². The van der Waals surface area contributed by atoms with Crippen molar-refractivity contribution in [1.29, 1.82) is 0 Å². The van der Waals surface area contributed by atoms with E-state index in [0.717, 1.165) is 56.7 Å². The van der Waals surface area contributed by atoms with Crippen molar-refractivity contribution in [2.75, 3.05) is 64.2 Å². The minimum absolute atomic E-state index is 0.00551. The molecule has 3 fully saturated rings. The highest BCUT2D eigenvalue weighted by atomic mass is 35.5. The Balaban J connectivity index is 1.09. The molecular formula is C33H42Cl2N6O5. The van der Waals surface area contributed by atoms with Crippen LogP contribution in [0.4, 0.5) is 15.3 Å². The van der Waals surface area contributed by atoms with Gasteiger partial charge in [0.25, 0.3) is 5.91 Å². The second-order valence-corrected chi connectivity index (χ2v) is 13.4. The first-order chi connectivity index (χ1) is 22.3. The largest absolute Gasteiger partial charge is 0.505 e. The number of phenolic OH excluding ortho intramolecular Hbond substituents is 1. The van der Waals surface area contributed by atoms with E-state index in [0.29, 0.717) is 57.2 Å². The van der Waals surface area contributed by atoms with E-state index in [1.54, 1.807) is 21.9 Å². The maximum absolute atomic E-state index is 13.9. The van der Waals surface area contributed by atoms with Crippen LogP contribution in [0.25, 0.3) is 0 Å². The lowest BCUT2D eigenvalue weighted by Crippen LogP contribution is -2.54. The number of amides is 4. The average Bonchev–Trinajstić information content (AvgIpc) is 3.25. The van der Waals surface area contributed by atoms with Crippen LogP contribution in [-0.2, 0) is 22.4 Å². The lowest BCUT2D eigenvalue weighted by atomic mass is 10.0. The number of hydrogen-bond donors (Lipinski definition) is 3. The topological polar surface area (TPSA) is 118 Å². The zero-order chi connectivity index (χ0) is 32.2. The Kier molecular flexibility index (Phi) is 10.4. The summed E-state index contributed by atoms with van der Waals surface area (Å²) in [5, 5.41) is 16.6. The van der Waals surface area contributed by atoms with E-state index >= 15 is 0 Å². The summed E-state index contributed by atoms with van der Waals surface area (Å²) in [4.78, 5) is 48.2. The van der Waals surface area contributed by atoms with Crippen LogP contribution in [0.1, 0.15) is 36.8 Å². The molecule has 4 heterocycles.